The monoisotopic (exact) mass is 355 g/mol. The van der Waals surface area contributed by atoms with Crippen LogP contribution in [0.25, 0.3) is 17.0 Å². The van der Waals surface area contributed by atoms with E-state index in [9.17, 15) is 4.79 Å². The van der Waals surface area contributed by atoms with Crippen molar-refractivity contribution in [3.8, 4) is 0 Å². The van der Waals surface area contributed by atoms with Gasteiger partial charge in [0.05, 0.1) is 5.56 Å². The van der Waals surface area contributed by atoms with E-state index >= 15 is 0 Å². The van der Waals surface area contributed by atoms with Crippen molar-refractivity contribution in [2.75, 3.05) is 23.4 Å². The number of halogens is 1. The summed E-state index contributed by atoms with van der Waals surface area (Å²) in [5.74, 6) is 0. The molecule has 0 spiro atoms. The molecule has 0 bridgehead atoms. The standard InChI is InChI=1S/C14H14INO2/c1-16(2)12-6-5-10-8-11(4-3-7-15)14(17)18-13(10)9-12/h3-6,8-9H,7H2,1-2H3/b4-3+. The van der Waals surface area contributed by atoms with Crippen LogP contribution in [0.1, 0.15) is 5.56 Å². The maximum Gasteiger partial charge on any atom is 0.343 e. The third-order valence-corrected chi connectivity index (χ3v) is 3.16. The number of rotatable bonds is 3. The summed E-state index contributed by atoms with van der Waals surface area (Å²) in [6.07, 6.45) is 3.74. The summed E-state index contributed by atoms with van der Waals surface area (Å²) in [6.45, 7) is 0. The molecule has 0 aliphatic heterocycles. The number of fused-ring (bicyclic) bond motifs is 1. The Hall–Kier alpha value is -1.30. The number of anilines is 1. The highest BCUT2D eigenvalue weighted by molar-refractivity contribution is 14.1. The van der Waals surface area contributed by atoms with Crippen LogP contribution in [0.4, 0.5) is 5.69 Å². The molecule has 1 aromatic carbocycles. The minimum atomic E-state index is -0.292. The van der Waals surface area contributed by atoms with Crippen molar-refractivity contribution < 1.29 is 4.42 Å². The first-order chi connectivity index (χ1) is 8.61. The largest absolute Gasteiger partial charge is 0.422 e. The van der Waals surface area contributed by atoms with Crippen molar-refractivity contribution >= 4 is 45.3 Å². The summed E-state index contributed by atoms with van der Waals surface area (Å²) in [7, 11) is 3.91. The third-order valence-electron chi connectivity index (χ3n) is 2.65. The average molecular weight is 355 g/mol. The first-order valence-corrected chi connectivity index (χ1v) is 7.12. The summed E-state index contributed by atoms with van der Waals surface area (Å²) >= 11 is 2.23. The van der Waals surface area contributed by atoms with Crippen molar-refractivity contribution in [1.82, 2.24) is 0 Å². The molecule has 18 heavy (non-hydrogen) atoms. The fourth-order valence-corrected chi connectivity index (χ4v) is 1.94. The summed E-state index contributed by atoms with van der Waals surface area (Å²) in [5.41, 5.74) is 1.94. The molecule has 0 N–H and O–H groups in total. The van der Waals surface area contributed by atoms with Gasteiger partial charge >= 0.3 is 5.63 Å². The zero-order chi connectivity index (χ0) is 13.1. The Kier molecular flexibility index (Phi) is 4.06. The second kappa shape index (κ2) is 5.56. The fourth-order valence-electron chi connectivity index (χ4n) is 1.68. The van der Waals surface area contributed by atoms with E-state index in [1.807, 2.05) is 49.3 Å². The van der Waals surface area contributed by atoms with Gasteiger partial charge in [-0.25, -0.2) is 4.79 Å². The van der Waals surface area contributed by atoms with Gasteiger partial charge in [-0.3, -0.25) is 0 Å². The maximum absolute atomic E-state index is 11.8. The number of allylic oxidation sites excluding steroid dienone is 1. The van der Waals surface area contributed by atoms with Gasteiger partial charge in [0.25, 0.3) is 0 Å². The lowest BCUT2D eigenvalue weighted by Gasteiger charge is -2.12. The Balaban J connectivity index is 2.57. The molecule has 0 fully saturated rings. The van der Waals surface area contributed by atoms with Crippen molar-refractivity contribution in [2.45, 2.75) is 0 Å². The van der Waals surface area contributed by atoms with Crippen LogP contribution in [-0.2, 0) is 0 Å². The number of benzene rings is 1. The normalized spacial score (nSPS) is 11.3. The van der Waals surface area contributed by atoms with Crippen molar-refractivity contribution in [2.24, 2.45) is 0 Å². The highest BCUT2D eigenvalue weighted by atomic mass is 127. The van der Waals surface area contributed by atoms with Gasteiger partial charge in [0.2, 0.25) is 0 Å². The van der Waals surface area contributed by atoms with E-state index < -0.39 is 0 Å². The van der Waals surface area contributed by atoms with Gasteiger partial charge in [-0.1, -0.05) is 34.7 Å². The number of hydrogen-bond acceptors (Lipinski definition) is 3. The van der Waals surface area contributed by atoms with E-state index in [1.165, 1.54) is 0 Å². The highest BCUT2D eigenvalue weighted by Crippen LogP contribution is 2.20. The van der Waals surface area contributed by atoms with Crippen molar-refractivity contribution in [1.29, 1.82) is 0 Å². The Morgan fingerprint density at radius 3 is 2.78 bits per heavy atom. The lowest BCUT2D eigenvalue weighted by atomic mass is 10.1. The van der Waals surface area contributed by atoms with Gasteiger partial charge in [0.15, 0.2) is 0 Å². The van der Waals surface area contributed by atoms with E-state index in [4.69, 9.17) is 4.42 Å². The van der Waals surface area contributed by atoms with Crippen LogP contribution in [-0.4, -0.2) is 18.5 Å². The van der Waals surface area contributed by atoms with Crippen LogP contribution in [0.5, 0.6) is 0 Å². The molecule has 0 aliphatic carbocycles. The maximum atomic E-state index is 11.8. The Morgan fingerprint density at radius 1 is 1.33 bits per heavy atom. The molecule has 0 radical (unpaired) electrons. The second-order valence-corrected chi connectivity index (χ2v) is 5.04. The molecule has 2 rings (SSSR count). The molecule has 0 unspecified atom stereocenters. The lowest BCUT2D eigenvalue weighted by Crippen LogP contribution is -2.08. The molecule has 1 aromatic heterocycles. The molecule has 0 amide bonds. The molecule has 2 aromatic rings. The van der Waals surface area contributed by atoms with Crippen molar-refractivity contribution in [3.63, 3.8) is 0 Å². The lowest BCUT2D eigenvalue weighted by molar-refractivity contribution is 0.559. The summed E-state index contributed by atoms with van der Waals surface area (Å²) in [5, 5.41) is 0.938. The molecule has 4 heteroatoms. The van der Waals surface area contributed by atoms with Gasteiger partial charge in [-0.2, -0.15) is 0 Å². The molecule has 0 atom stereocenters. The van der Waals surface area contributed by atoms with Gasteiger partial charge in [0, 0.05) is 35.7 Å². The predicted octanol–water partition coefficient (Wildman–Crippen LogP) is 3.31. The first-order valence-electron chi connectivity index (χ1n) is 5.59. The van der Waals surface area contributed by atoms with E-state index in [-0.39, 0.29) is 5.63 Å². The average Bonchev–Trinajstić information content (AvgIpc) is 2.35. The zero-order valence-electron chi connectivity index (χ0n) is 10.3. The van der Waals surface area contributed by atoms with Gasteiger partial charge in [-0.05, 0) is 18.2 Å². The second-order valence-electron chi connectivity index (χ2n) is 4.16. The molecule has 94 valence electrons. The Labute approximate surface area is 119 Å². The minimum absolute atomic E-state index is 0.292. The summed E-state index contributed by atoms with van der Waals surface area (Å²) in [6, 6.07) is 7.72. The van der Waals surface area contributed by atoms with E-state index in [1.54, 1.807) is 6.08 Å². The number of alkyl halides is 1. The first kappa shape index (κ1) is 13.1. The summed E-state index contributed by atoms with van der Waals surface area (Å²) in [4.78, 5) is 13.8. The quantitative estimate of drug-likeness (QED) is 0.481. The fraction of sp³-hybridized carbons (Fsp3) is 0.214. The van der Waals surface area contributed by atoms with Crippen LogP contribution >= 0.6 is 22.6 Å². The molecular weight excluding hydrogens is 341 g/mol. The Morgan fingerprint density at radius 2 is 2.11 bits per heavy atom. The van der Waals surface area contributed by atoms with Crippen LogP contribution < -0.4 is 10.5 Å². The smallest absolute Gasteiger partial charge is 0.343 e. The SMILES string of the molecule is CN(C)c1ccc2cc(/C=C/CI)c(=O)oc2c1. The molecule has 0 aliphatic rings. The van der Waals surface area contributed by atoms with Crippen molar-refractivity contribution in [3.05, 3.63) is 46.3 Å². The molecule has 0 saturated carbocycles. The number of nitrogens with zero attached hydrogens (tertiary/aromatic N) is 1. The van der Waals surface area contributed by atoms with Gasteiger partial charge in [0.1, 0.15) is 5.58 Å². The Bertz CT molecular complexity index is 644. The van der Waals surface area contributed by atoms with Gasteiger partial charge < -0.3 is 9.32 Å². The molecule has 3 nitrogen and oxygen atoms in total. The van der Waals surface area contributed by atoms with Crippen LogP contribution in [0.15, 0.2) is 39.6 Å². The van der Waals surface area contributed by atoms with E-state index in [0.29, 0.717) is 11.1 Å². The van der Waals surface area contributed by atoms with E-state index in [0.717, 1.165) is 15.5 Å². The summed E-state index contributed by atoms with van der Waals surface area (Å²) < 4.78 is 6.21. The highest BCUT2D eigenvalue weighted by Gasteiger charge is 2.04. The van der Waals surface area contributed by atoms with Gasteiger partial charge in [-0.15, -0.1) is 0 Å². The number of hydrogen-bond donors (Lipinski definition) is 0. The van der Waals surface area contributed by atoms with Crippen LogP contribution in [0.3, 0.4) is 0 Å². The zero-order valence-corrected chi connectivity index (χ0v) is 12.5. The third kappa shape index (κ3) is 2.75. The molecular formula is C14H14INO2. The molecule has 0 saturated heterocycles. The predicted molar refractivity (Wildman–Crippen MR) is 84.7 cm³/mol. The van der Waals surface area contributed by atoms with Crippen LogP contribution in [0, 0.1) is 0 Å². The topological polar surface area (TPSA) is 33.5 Å². The molecule has 1 heterocycles. The van der Waals surface area contributed by atoms with Crippen LogP contribution in [0.2, 0.25) is 0 Å². The van der Waals surface area contributed by atoms with E-state index in [2.05, 4.69) is 22.6 Å². The minimum Gasteiger partial charge on any atom is -0.422 e.